The van der Waals surface area contributed by atoms with Crippen LogP contribution in [-0.2, 0) is 0 Å². The summed E-state index contributed by atoms with van der Waals surface area (Å²) >= 11 is 0. The van der Waals surface area contributed by atoms with Crippen molar-refractivity contribution in [2.45, 2.75) is 6.92 Å². The number of pyridine rings is 2. The summed E-state index contributed by atoms with van der Waals surface area (Å²) in [5, 5.41) is 22.6. The van der Waals surface area contributed by atoms with Gasteiger partial charge in [-0.05, 0) is 12.1 Å². The van der Waals surface area contributed by atoms with E-state index in [1.54, 1.807) is 19.3 Å². The van der Waals surface area contributed by atoms with E-state index in [1.165, 1.54) is 0 Å². The fraction of sp³-hybridized carbons (Fsp3) is 0.385. The van der Waals surface area contributed by atoms with E-state index in [2.05, 4.69) is 15.3 Å². The van der Waals surface area contributed by atoms with E-state index in [9.17, 15) is 10.2 Å². The molecule has 0 aliphatic carbocycles. The van der Waals surface area contributed by atoms with Crippen molar-refractivity contribution in [1.82, 2.24) is 9.97 Å². The van der Waals surface area contributed by atoms with Crippen LogP contribution in [0.25, 0.3) is 10.9 Å². The second kappa shape index (κ2) is 5.29. The summed E-state index contributed by atoms with van der Waals surface area (Å²) in [5.74, 6) is 0.668. The minimum atomic E-state index is -0.571. The van der Waals surface area contributed by atoms with Crippen molar-refractivity contribution in [3.05, 3.63) is 30.6 Å². The monoisotopic (exact) mass is 247 g/mol. The van der Waals surface area contributed by atoms with Crippen LogP contribution in [0.2, 0.25) is 0 Å². The zero-order valence-electron chi connectivity index (χ0n) is 10.3. The summed E-state index contributed by atoms with van der Waals surface area (Å²) in [4.78, 5) is 8.53. The summed E-state index contributed by atoms with van der Waals surface area (Å²) in [7, 11) is 0. The van der Waals surface area contributed by atoms with E-state index in [1.807, 2.05) is 18.2 Å². The molecule has 0 bridgehead atoms. The third kappa shape index (κ3) is 2.57. The molecule has 18 heavy (non-hydrogen) atoms. The summed E-state index contributed by atoms with van der Waals surface area (Å²) < 4.78 is 0. The Balaban J connectivity index is 2.22. The highest BCUT2D eigenvalue weighted by Crippen LogP contribution is 2.20. The van der Waals surface area contributed by atoms with Gasteiger partial charge in [0.25, 0.3) is 0 Å². The van der Waals surface area contributed by atoms with E-state index in [-0.39, 0.29) is 13.2 Å². The Morgan fingerprint density at radius 3 is 2.67 bits per heavy atom. The van der Waals surface area contributed by atoms with Gasteiger partial charge in [-0.25, -0.2) is 4.98 Å². The predicted molar refractivity (Wildman–Crippen MR) is 70.3 cm³/mol. The normalized spacial score (nSPS) is 11.7. The number of nitrogens with zero attached hydrogens (tertiary/aromatic N) is 2. The third-order valence-corrected chi connectivity index (χ3v) is 2.97. The number of hydrogen-bond acceptors (Lipinski definition) is 5. The molecule has 0 spiro atoms. The maximum atomic E-state index is 9.24. The molecule has 3 N–H and O–H groups in total. The van der Waals surface area contributed by atoms with Gasteiger partial charge in [-0.1, -0.05) is 13.0 Å². The highest BCUT2D eigenvalue weighted by molar-refractivity contribution is 5.87. The van der Waals surface area contributed by atoms with Crippen molar-refractivity contribution in [3.63, 3.8) is 0 Å². The van der Waals surface area contributed by atoms with E-state index in [4.69, 9.17) is 0 Å². The van der Waals surface area contributed by atoms with Crippen molar-refractivity contribution >= 4 is 16.7 Å². The van der Waals surface area contributed by atoms with Gasteiger partial charge in [-0.3, -0.25) is 4.98 Å². The molecular formula is C13H17N3O2. The molecule has 2 aromatic heterocycles. The van der Waals surface area contributed by atoms with Crippen LogP contribution in [0.1, 0.15) is 6.92 Å². The number of rotatable bonds is 5. The molecule has 0 aromatic carbocycles. The Bertz CT molecular complexity index is 521. The molecule has 0 saturated heterocycles. The smallest absolute Gasteiger partial charge is 0.152 e. The lowest BCUT2D eigenvalue weighted by molar-refractivity contribution is 0.0806. The Labute approximate surface area is 106 Å². The van der Waals surface area contributed by atoms with Crippen molar-refractivity contribution in [1.29, 1.82) is 0 Å². The Morgan fingerprint density at radius 1 is 1.17 bits per heavy atom. The van der Waals surface area contributed by atoms with E-state index in [0.29, 0.717) is 12.4 Å². The van der Waals surface area contributed by atoms with Crippen LogP contribution in [0.5, 0.6) is 0 Å². The topological polar surface area (TPSA) is 78.3 Å². The van der Waals surface area contributed by atoms with E-state index < -0.39 is 5.41 Å². The minimum absolute atomic E-state index is 0.0886. The van der Waals surface area contributed by atoms with Crippen LogP contribution in [0.15, 0.2) is 30.6 Å². The standard InChI is InChI=1S/C13H17N3O2/c1-13(8-17,9-18)7-16-12-11-10(4-6-15-12)3-2-5-14-11/h2-6,17-18H,7-9H2,1H3,(H,15,16). The zero-order chi connectivity index (χ0) is 13.0. The second-order valence-electron chi connectivity index (χ2n) is 4.72. The number of aliphatic hydroxyl groups is 2. The second-order valence-corrected chi connectivity index (χ2v) is 4.72. The molecule has 5 nitrogen and oxygen atoms in total. The van der Waals surface area contributed by atoms with Crippen LogP contribution in [0.4, 0.5) is 5.82 Å². The van der Waals surface area contributed by atoms with Gasteiger partial charge in [0.2, 0.25) is 0 Å². The first-order valence-electron chi connectivity index (χ1n) is 5.84. The molecular weight excluding hydrogens is 230 g/mol. The molecule has 0 saturated carbocycles. The van der Waals surface area contributed by atoms with E-state index >= 15 is 0 Å². The predicted octanol–water partition coefficient (Wildman–Crippen LogP) is 1.03. The lowest BCUT2D eigenvalue weighted by Gasteiger charge is -2.25. The molecule has 0 atom stereocenters. The molecule has 96 valence electrons. The first-order chi connectivity index (χ1) is 8.68. The third-order valence-electron chi connectivity index (χ3n) is 2.97. The molecule has 5 heteroatoms. The average molecular weight is 247 g/mol. The number of nitrogens with one attached hydrogen (secondary N) is 1. The van der Waals surface area contributed by atoms with Gasteiger partial charge in [-0.15, -0.1) is 0 Å². The molecule has 0 aliphatic heterocycles. The van der Waals surface area contributed by atoms with E-state index in [0.717, 1.165) is 10.9 Å². The summed E-state index contributed by atoms with van der Waals surface area (Å²) in [6.07, 6.45) is 3.42. The van der Waals surface area contributed by atoms with Gasteiger partial charge in [0.1, 0.15) is 5.52 Å². The minimum Gasteiger partial charge on any atom is -0.396 e. The fourth-order valence-corrected chi connectivity index (χ4v) is 1.59. The number of aliphatic hydroxyl groups excluding tert-OH is 2. The van der Waals surface area contributed by atoms with Gasteiger partial charge < -0.3 is 15.5 Å². The van der Waals surface area contributed by atoms with Crippen molar-refractivity contribution in [3.8, 4) is 0 Å². The van der Waals surface area contributed by atoms with Crippen molar-refractivity contribution < 1.29 is 10.2 Å². The number of anilines is 1. The lowest BCUT2D eigenvalue weighted by Crippen LogP contribution is -2.34. The zero-order valence-corrected chi connectivity index (χ0v) is 10.3. The highest BCUT2D eigenvalue weighted by atomic mass is 16.3. The highest BCUT2D eigenvalue weighted by Gasteiger charge is 2.22. The Morgan fingerprint density at radius 2 is 1.94 bits per heavy atom. The Hall–Kier alpha value is -1.72. The molecule has 2 rings (SSSR count). The molecule has 2 aromatic rings. The summed E-state index contributed by atoms with van der Waals surface area (Å²) in [5.41, 5.74) is 0.219. The molecule has 2 heterocycles. The first-order valence-corrected chi connectivity index (χ1v) is 5.84. The molecule has 0 aliphatic rings. The fourth-order valence-electron chi connectivity index (χ4n) is 1.59. The number of fused-ring (bicyclic) bond motifs is 1. The molecule has 0 amide bonds. The van der Waals surface area contributed by atoms with Gasteiger partial charge >= 0.3 is 0 Å². The molecule has 0 unspecified atom stereocenters. The van der Waals surface area contributed by atoms with Crippen LogP contribution in [-0.4, -0.2) is 39.9 Å². The van der Waals surface area contributed by atoms with Crippen molar-refractivity contribution in [2.24, 2.45) is 5.41 Å². The Kier molecular flexibility index (Phi) is 3.74. The van der Waals surface area contributed by atoms with Gasteiger partial charge in [0.05, 0.1) is 13.2 Å². The maximum absolute atomic E-state index is 9.24. The van der Waals surface area contributed by atoms with Crippen LogP contribution in [0.3, 0.4) is 0 Å². The summed E-state index contributed by atoms with van der Waals surface area (Å²) in [6.45, 7) is 2.06. The van der Waals surface area contributed by atoms with Gasteiger partial charge in [-0.2, -0.15) is 0 Å². The van der Waals surface area contributed by atoms with Crippen LogP contribution in [0, 0.1) is 5.41 Å². The number of hydrogen-bond donors (Lipinski definition) is 3. The average Bonchev–Trinajstić information content (AvgIpc) is 2.44. The molecule has 0 radical (unpaired) electrons. The largest absolute Gasteiger partial charge is 0.396 e. The van der Waals surface area contributed by atoms with Gasteiger partial charge in [0.15, 0.2) is 5.82 Å². The number of aromatic nitrogens is 2. The lowest BCUT2D eigenvalue weighted by atomic mass is 9.93. The van der Waals surface area contributed by atoms with Crippen LogP contribution >= 0.6 is 0 Å². The van der Waals surface area contributed by atoms with Crippen LogP contribution < -0.4 is 5.32 Å². The molecule has 0 fully saturated rings. The quantitative estimate of drug-likeness (QED) is 0.735. The van der Waals surface area contributed by atoms with Crippen molar-refractivity contribution in [2.75, 3.05) is 25.1 Å². The van der Waals surface area contributed by atoms with Gasteiger partial charge in [0, 0.05) is 29.7 Å². The SMILES string of the molecule is CC(CO)(CO)CNc1nccc2cccnc12. The maximum Gasteiger partial charge on any atom is 0.152 e. The first kappa shape index (κ1) is 12.7. The summed E-state index contributed by atoms with van der Waals surface area (Å²) in [6, 6.07) is 5.73.